The molecule has 0 spiro atoms. The fraction of sp³-hybridized carbons (Fsp3) is 0.581. The molecular weight excluding hydrogens is 480 g/mol. The summed E-state index contributed by atoms with van der Waals surface area (Å²) < 4.78 is 26.6. The Morgan fingerprint density at radius 3 is 1.73 bits per heavy atom. The Balaban J connectivity index is 1.47. The van der Waals surface area contributed by atoms with Crippen LogP contribution in [0.1, 0.15) is 109 Å². The number of anilines is 1. The van der Waals surface area contributed by atoms with Gasteiger partial charge in [-0.3, -0.25) is 4.79 Å². The molecule has 0 aromatic heterocycles. The number of rotatable bonds is 21. The van der Waals surface area contributed by atoms with Gasteiger partial charge >= 0.3 is 0 Å². The largest absolute Gasteiger partial charge is 0.385 e. The molecule has 0 fully saturated rings. The van der Waals surface area contributed by atoms with Crippen LogP contribution in [-0.4, -0.2) is 20.9 Å². The fourth-order valence-corrected chi connectivity index (χ4v) is 5.49. The second kappa shape index (κ2) is 18.8. The van der Waals surface area contributed by atoms with Crippen LogP contribution in [0.4, 0.5) is 5.69 Å². The molecule has 2 aromatic rings. The zero-order chi connectivity index (χ0) is 26.6. The minimum atomic E-state index is -3.81. The Kier molecular flexibility index (Phi) is 15.7. The molecule has 2 aromatic carbocycles. The molecule has 2 N–H and O–H groups in total. The monoisotopic (exact) mass is 528 g/mol. The summed E-state index contributed by atoms with van der Waals surface area (Å²) in [5.74, 6) is -0.496. The fourth-order valence-electron chi connectivity index (χ4n) is 4.46. The molecule has 0 radical (unpaired) electrons. The van der Waals surface area contributed by atoms with Crippen LogP contribution in [0, 0.1) is 0 Å². The van der Waals surface area contributed by atoms with E-state index in [1.165, 1.54) is 102 Å². The lowest BCUT2D eigenvalue weighted by Gasteiger charge is -2.09. The van der Waals surface area contributed by atoms with Crippen molar-refractivity contribution in [3.05, 3.63) is 60.2 Å². The van der Waals surface area contributed by atoms with Crippen molar-refractivity contribution in [2.45, 2.75) is 115 Å². The van der Waals surface area contributed by atoms with Crippen LogP contribution < -0.4 is 10.0 Å². The van der Waals surface area contributed by atoms with Crippen molar-refractivity contribution in [3.8, 4) is 0 Å². The van der Waals surface area contributed by atoms with Gasteiger partial charge in [0.2, 0.25) is 5.91 Å². The number of hydrogen-bond acceptors (Lipinski definition) is 4. The van der Waals surface area contributed by atoms with E-state index in [4.69, 9.17) is 0 Å². The van der Waals surface area contributed by atoms with Crippen molar-refractivity contribution < 1.29 is 13.2 Å². The number of aryl methyl sites for hydroxylation is 1. The normalized spacial score (nSPS) is 11.4. The number of unbranched alkanes of at least 4 members (excludes halogenated alkanes) is 13. The third-order valence-electron chi connectivity index (χ3n) is 6.76. The summed E-state index contributed by atoms with van der Waals surface area (Å²) >= 11 is 0. The zero-order valence-electron chi connectivity index (χ0n) is 22.8. The lowest BCUT2D eigenvalue weighted by Crippen LogP contribution is -2.30. The summed E-state index contributed by atoms with van der Waals surface area (Å²) in [5, 5.41) is 3.47. The molecule has 206 valence electrons. The lowest BCUT2D eigenvalue weighted by molar-refractivity contribution is -0.119. The van der Waals surface area contributed by atoms with E-state index in [1.807, 2.05) is 24.3 Å². The first-order valence-corrected chi connectivity index (χ1v) is 15.9. The standard InChI is InChI=1S/C31H48N2O3S/c1-2-3-4-5-6-7-8-9-10-11-12-13-14-18-27-32-29-24-21-28(22-25-29)23-26-31(34)33-37(35,36)30-19-16-15-17-20-30/h15-17,19-22,24-25,32H,2-14,18,23,26-27H2,1H3,(H,33,34). The van der Waals surface area contributed by atoms with Crippen molar-refractivity contribution in [1.82, 2.24) is 4.72 Å². The summed E-state index contributed by atoms with van der Waals surface area (Å²) in [6.45, 7) is 3.24. The molecule has 0 aliphatic heterocycles. The van der Waals surface area contributed by atoms with E-state index < -0.39 is 15.9 Å². The second-order valence-electron chi connectivity index (χ2n) is 10.1. The molecule has 0 unspecified atom stereocenters. The molecule has 5 nitrogen and oxygen atoms in total. The summed E-state index contributed by atoms with van der Waals surface area (Å²) in [5.41, 5.74) is 2.09. The predicted molar refractivity (Wildman–Crippen MR) is 155 cm³/mol. The van der Waals surface area contributed by atoms with Crippen LogP contribution >= 0.6 is 0 Å². The van der Waals surface area contributed by atoms with E-state index in [0.717, 1.165) is 17.8 Å². The van der Waals surface area contributed by atoms with Crippen LogP contribution in [0.25, 0.3) is 0 Å². The lowest BCUT2D eigenvalue weighted by atomic mass is 10.0. The second-order valence-corrected chi connectivity index (χ2v) is 11.7. The van der Waals surface area contributed by atoms with Gasteiger partial charge in [-0.2, -0.15) is 0 Å². The number of sulfonamides is 1. The molecule has 0 saturated carbocycles. The molecule has 0 aliphatic rings. The molecule has 6 heteroatoms. The van der Waals surface area contributed by atoms with Crippen LogP contribution in [0.3, 0.4) is 0 Å². The van der Waals surface area contributed by atoms with Gasteiger partial charge in [-0.15, -0.1) is 0 Å². The first-order valence-electron chi connectivity index (χ1n) is 14.4. The van der Waals surface area contributed by atoms with E-state index in [-0.39, 0.29) is 11.3 Å². The molecule has 0 bridgehead atoms. The molecule has 0 atom stereocenters. The van der Waals surface area contributed by atoms with Crippen LogP contribution in [0.5, 0.6) is 0 Å². The minimum Gasteiger partial charge on any atom is -0.385 e. The SMILES string of the molecule is CCCCCCCCCCCCCCCCNc1ccc(CCC(=O)NS(=O)(=O)c2ccccc2)cc1. The Morgan fingerprint density at radius 1 is 0.676 bits per heavy atom. The van der Waals surface area contributed by atoms with E-state index in [9.17, 15) is 13.2 Å². The number of hydrogen-bond donors (Lipinski definition) is 2. The average Bonchev–Trinajstić information content (AvgIpc) is 2.90. The van der Waals surface area contributed by atoms with Gasteiger partial charge in [0.05, 0.1) is 4.90 Å². The third kappa shape index (κ3) is 14.2. The first-order chi connectivity index (χ1) is 18.0. The number of nitrogens with one attached hydrogen (secondary N) is 2. The molecule has 2 rings (SSSR count). The maximum Gasteiger partial charge on any atom is 0.264 e. The van der Waals surface area contributed by atoms with Crippen molar-refractivity contribution in [2.24, 2.45) is 0 Å². The van der Waals surface area contributed by atoms with Gasteiger partial charge in [-0.1, -0.05) is 121 Å². The highest BCUT2D eigenvalue weighted by Crippen LogP contribution is 2.15. The van der Waals surface area contributed by atoms with Gasteiger partial charge in [-0.05, 0) is 42.7 Å². The predicted octanol–water partition coefficient (Wildman–Crippen LogP) is 8.02. The van der Waals surface area contributed by atoms with Crippen molar-refractivity contribution in [1.29, 1.82) is 0 Å². The zero-order valence-corrected chi connectivity index (χ0v) is 23.7. The quantitative estimate of drug-likeness (QED) is 0.161. The highest BCUT2D eigenvalue weighted by atomic mass is 32.2. The Hall–Kier alpha value is -2.34. The molecule has 0 aliphatic carbocycles. The summed E-state index contributed by atoms with van der Waals surface area (Å²) in [6.07, 6.45) is 19.7. The van der Waals surface area contributed by atoms with Gasteiger partial charge in [0, 0.05) is 18.7 Å². The van der Waals surface area contributed by atoms with Gasteiger partial charge in [-0.25, -0.2) is 13.1 Å². The molecule has 0 heterocycles. The topological polar surface area (TPSA) is 75.3 Å². The summed E-state index contributed by atoms with van der Waals surface area (Å²) in [4.78, 5) is 12.2. The summed E-state index contributed by atoms with van der Waals surface area (Å²) in [6, 6.07) is 16.0. The average molecular weight is 529 g/mol. The first kappa shape index (κ1) is 30.9. The Morgan fingerprint density at radius 2 is 1.19 bits per heavy atom. The van der Waals surface area contributed by atoms with Crippen LogP contribution in [0.15, 0.2) is 59.5 Å². The Labute approximate surface area is 225 Å². The third-order valence-corrected chi connectivity index (χ3v) is 8.15. The maximum atomic E-state index is 12.2. The summed E-state index contributed by atoms with van der Waals surface area (Å²) in [7, 11) is -3.81. The maximum absolute atomic E-state index is 12.2. The number of amides is 1. The molecular formula is C31H48N2O3S. The molecule has 0 saturated heterocycles. The minimum absolute atomic E-state index is 0.0950. The number of benzene rings is 2. The van der Waals surface area contributed by atoms with Gasteiger partial charge < -0.3 is 5.32 Å². The van der Waals surface area contributed by atoms with E-state index in [2.05, 4.69) is 17.0 Å². The Bertz CT molecular complexity index is 960. The van der Waals surface area contributed by atoms with Gasteiger partial charge in [0.1, 0.15) is 0 Å². The smallest absolute Gasteiger partial charge is 0.264 e. The van der Waals surface area contributed by atoms with Crippen LogP contribution in [-0.2, 0) is 21.2 Å². The molecule has 37 heavy (non-hydrogen) atoms. The van der Waals surface area contributed by atoms with E-state index >= 15 is 0 Å². The highest BCUT2D eigenvalue weighted by molar-refractivity contribution is 7.90. The van der Waals surface area contributed by atoms with Crippen molar-refractivity contribution in [2.75, 3.05) is 11.9 Å². The van der Waals surface area contributed by atoms with Crippen molar-refractivity contribution in [3.63, 3.8) is 0 Å². The van der Waals surface area contributed by atoms with Gasteiger partial charge in [0.25, 0.3) is 10.0 Å². The molecule has 1 amide bonds. The number of carbonyl (C=O) groups excluding carboxylic acids is 1. The van der Waals surface area contributed by atoms with E-state index in [0.29, 0.717) is 6.42 Å². The van der Waals surface area contributed by atoms with Crippen molar-refractivity contribution >= 4 is 21.6 Å². The van der Waals surface area contributed by atoms with Gasteiger partial charge in [0.15, 0.2) is 0 Å². The highest BCUT2D eigenvalue weighted by Gasteiger charge is 2.16. The number of carbonyl (C=O) groups is 1. The van der Waals surface area contributed by atoms with Crippen LogP contribution in [0.2, 0.25) is 0 Å². The van der Waals surface area contributed by atoms with E-state index in [1.54, 1.807) is 18.2 Å².